The van der Waals surface area contributed by atoms with Crippen molar-refractivity contribution in [1.82, 2.24) is 4.98 Å². The van der Waals surface area contributed by atoms with Crippen LogP contribution in [0, 0.1) is 17.2 Å². The average Bonchev–Trinajstić information content (AvgIpc) is 3.08. The lowest BCUT2D eigenvalue weighted by atomic mass is 10.0. The molecule has 3 rings (SSSR count). The van der Waals surface area contributed by atoms with Crippen LogP contribution in [-0.4, -0.2) is 10.8 Å². The number of hydrogen-bond donors (Lipinski definition) is 1. The third kappa shape index (κ3) is 1.31. The molecule has 1 saturated carbocycles. The van der Waals surface area contributed by atoms with E-state index in [0.717, 1.165) is 29.3 Å². The summed E-state index contributed by atoms with van der Waals surface area (Å²) in [5.74, 6) is 0.422. The van der Waals surface area contributed by atoms with Crippen molar-refractivity contribution >= 4 is 16.7 Å². The van der Waals surface area contributed by atoms with Crippen LogP contribution in [-0.2, 0) is 0 Å². The Balaban J connectivity index is 2.17. The van der Waals surface area contributed by atoms with E-state index < -0.39 is 0 Å². The minimum absolute atomic E-state index is 0.210. The Hall–Kier alpha value is -2.08. The number of hydrogen-bond acceptors (Lipinski definition) is 2. The smallest absolute Gasteiger partial charge is 0.168 e. The summed E-state index contributed by atoms with van der Waals surface area (Å²) in [5, 5.41) is 9.71. The van der Waals surface area contributed by atoms with E-state index in [-0.39, 0.29) is 11.7 Å². The predicted octanol–water partition coefficient (Wildman–Crippen LogP) is 2.63. The summed E-state index contributed by atoms with van der Waals surface area (Å²) in [7, 11) is 0. The van der Waals surface area contributed by atoms with E-state index in [1.165, 1.54) is 0 Å². The van der Waals surface area contributed by atoms with Crippen LogP contribution in [0.15, 0.2) is 24.4 Å². The van der Waals surface area contributed by atoms with E-state index >= 15 is 0 Å². The number of fused-ring (bicyclic) bond motifs is 1. The van der Waals surface area contributed by atoms with Crippen molar-refractivity contribution in [2.45, 2.75) is 12.8 Å². The lowest BCUT2D eigenvalue weighted by Gasteiger charge is -1.96. The van der Waals surface area contributed by atoms with Gasteiger partial charge in [-0.25, -0.2) is 0 Å². The summed E-state index contributed by atoms with van der Waals surface area (Å²) in [4.78, 5) is 15.1. The predicted molar refractivity (Wildman–Crippen MR) is 60.1 cm³/mol. The first-order chi connectivity index (χ1) is 7.79. The normalized spacial score (nSPS) is 14.9. The van der Waals surface area contributed by atoms with Crippen molar-refractivity contribution in [3.05, 3.63) is 35.5 Å². The Labute approximate surface area is 92.7 Å². The molecule has 0 radical (unpaired) electrons. The van der Waals surface area contributed by atoms with Gasteiger partial charge in [-0.15, -0.1) is 0 Å². The molecule has 1 aromatic carbocycles. The van der Waals surface area contributed by atoms with Gasteiger partial charge in [0.05, 0.1) is 11.6 Å². The van der Waals surface area contributed by atoms with E-state index in [2.05, 4.69) is 11.1 Å². The van der Waals surface area contributed by atoms with E-state index in [1.54, 1.807) is 18.3 Å². The van der Waals surface area contributed by atoms with Crippen molar-refractivity contribution in [3.63, 3.8) is 0 Å². The summed E-state index contributed by atoms with van der Waals surface area (Å²) < 4.78 is 0. The number of rotatable bonds is 2. The molecule has 0 atom stereocenters. The summed E-state index contributed by atoms with van der Waals surface area (Å²) in [5.41, 5.74) is 2.24. The molecule has 3 nitrogen and oxygen atoms in total. The number of ketones is 1. The number of aromatic nitrogens is 1. The van der Waals surface area contributed by atoms with E-state index in [4.69, 9.17) is 5.26 Å². The van der Waals surface area contributed by atoms with Crippen LogP contribution in [0.4, 0.5) is 0 Å². The van der Waals surface area contributed by atoms with Gasteiger partial charge >= 0.3 is 0 Å². The highest BCUT2D eigenvalue weighted by Gasteiger charge is 2.31. The van der Waals surface area contributed by atoms with Gasteiger partial charge in [-0.2, -0.15) is 5.26 Å². The first-order valence-electron chi connectivity index (χ1n) is 5.35. The minimum atomic E-state index is 0.210. The molecule has 78 valence electrons. The van der Waals surface area contributed by atoms with Gasteiger partial charge in [0.15, 0.2) is 5.78 Å². The fourth-order valence-electron chi connectivity index (χ4n) is 1.96. The second-order valence-electron chi connectivity index (χ2n) is 4.21. The van der Waals surface area contributed by atoms with Gasteiger partial charge < -0.3 is 4.98 Å². The SMILES string of the molecule is N#Cc1ccc2[nH]cc(C(=O)C3CC3)c2c1. The first-order valence-corrected chi connectivity index (χ1v) is 5.35. The fraction of sp³-hybridized carbons (Fsp3) is 0.231. The summed E-state index contributed by atoms with van der Waals surface area (Å²) in [6, 6.07) is 7.47. The highest BCUT2D eigenvalue weighted by molar-refractivity contribution is 6.09. The molecule has 1 aliphatic rings. The molecule has 1 heterocycles. The molecule has 16 heavy (non-hydrogen) atoms. The zero-order valence-corrected chi connectivity index (χ0v) is 8.66. The molecule has 1 aromatic heterocycles. The van der Waals surface area contributed by atoms with Gasteiger partial charge in [-0.05, 0) is 31.0 Å². The van der Waals surface area contributed by atoms with Crippen molar-refractivity contribution < 1.29 is 4.79 Å². The monoisotopic (exact) mass is 210 g/mol. The summed E-state index contributed by atoms with van der Waals surface area (Å²) in [6.07, 6.45) is 3.76. The average molecular weight is 210 g/mol. The van der Waals surface area contributed by atoms with Crippen molar-refractivity contribution in [2.24, 2.45) is 5.92 Å². The van der Waals surface area contributed by atoms with Gasteiger partial charge in [0.25, 0.3) is 0 Å². The number of benzene rings is 1. The van der Waals surface area contributed by atoms with Crippen molar-refractivity contribution in [1.29, 1.82) is 5.26 Å². The zero-order valence-electron chi connectivity index (χ0n) is 8.66. The maximum Gasteiger partial charge on any atom is 0.168 e. The Bertz CT molecular complexity index is 614. The number of carbonyl (C=O) groups excluding carboxylic acids is 1. The lowest BCUT2D eigenvalue weighted by molar-refractivity contribution is 0.0969. The van der Waals surface area contributed by atoms with Crippen LogP contribution < -0.4 is 0 Å². The number of nitrogens with zero attached hydrogens (tertiary/aromatic N) is 1. The van der Waals surface area contributed by atoms with E-state index in [9.17, 15) is 4.79 Å². The van der Waals surface area contributed by atoms with Crippen LogP contribution in [0.1, 0.15) is 28.8 Å². The Morgan fingerprint density at radius 3 is 2.94 bits per heavy atom. The largest absolute Gasteiger partial charge is 0.360 e. The Morgan fingerprint density at radius 1 is 1.44 bits per heavy atom. The third-order valence-electron chi connectivity index (χ3n) is 3.02. The summed E-state index contributed by atoms with van der Waals surface area (Å²) in [6.45, 7) is 0. The minimum Gasteiger partial charge on any atom is -0.360 e. The number of nitrogens with one attached hydrogen (secondary N) is 1. The molecular formula is C13H10N2O. The first kappa shape index (κ1) is 9.17. The van der Waals surface area contributed by atoms with Crippen LogP contribution >= 0.6 is 0 Å². The second kappa shape index (κ2) is 3.21. The van der Waals surface area contributed by atoms with Crippen LogP contribution in [0.3, 0.4) is 0 Å². The van der Waals surface area contributed by atoms with E-state index in [1.807, 2.05) is 6.07 Å². The van der Waals surface area contributed by atoms with Crippen molar-refractivity contribution in [3.8, 4) is 6.07 Å². The number of nitriles is 1. The molecule has 0 unspecified atom stereocenters. The maximum atomic E-state index is 12.0. The van der Waals surface area contributed by atoms with Gasteiger partial charge in [-0.1, -0.05) is 0 Å². The molecule has 0 amide bonds. The van der Waals surface area contributed by atoms with Crippen LogP contribution in [0.5, 0.6) is 0 Å². The van der Waals surface area contributed by atoms with Crippen LogP contribution in [0.25, 0.3) is 10.9 Å². The molecule has 1 N–H and O–H groups in total. The molecule has 0 bridgehead atoms. The van der Waals surface area contributed by atoms with Gasteiger partial charge in [0, 0.05) is 28.6 Å². The lowest BCUT2D eigenvalue weighted by Crippen LogP contribution is -1.99. The molecule has 3 heteroatoms. The molecular weight excluding hydrogens is 200 g/mol. The number of aromatic amines is 1. The molecule has 1 aliphatic carbocycles. The van der Waals surface area contributed by atoms with Crippen LogP contribution in [0.2, 0.25) is 0 Å². The number of carbonyl (C=O) groups is 1. The van der Waals surface area contributed by atoms with E-state index in [0.29, 0.717) is 5.56 Å². The Kier molecular flexibility index (Phi) is 1.84. The summed E-state index contributed by atoms with van der Waals surface area (Å²) >= 11 is 0. The standard InChI is InChI=1S/C13H10N2O/c14-6-8-1-4-12-10(5-8)11(7-15-12)13(16)9-2-3-9/h1,4-5,7,9,15H,2-3H2. The quantitative estimate of drug-likeness (QED) is 0.774. The molecule has 2 aromatic rings. The molecule has 1 fully saturated rings. The number of H-pyrrole nitrogens is 1. The third-order valence-corrected chi connectivity index (χ3v) is 3.02. The zero-order chi connectivity index (χ0) is 11.1. The highest BCUT2D eigenvalue weighted by atomic mass is 16.1. The maximum absolute atomic E-state index is 12.0. The van der Waals surface area contributed by atoms with Gasteiger partial charge in [0.1, 0.15) is 0 Å². The highest BCUT2D eigenvalue weighted by Crippen LogP contribution is 2.34. The fourth-order valence-corrected chi connectivity index (χ4v) is 1.96. The molecule has 0 spiro atoms. The van der Waals surface area contributed by atoms with Crippen molar-refractivity contribution in [2.75, 3.05) is 0 Å². The number of Topliss-reactive ketones (excluding diaryl/α,β-unsaturated/α-hetero) is 1. The molecule has 0 saturated heterocycles. The molecule has 0 aliphatic heterocycles. The topological polar surface area (TPSA) is 56.6 Å². The second-order valence-corrected chi connectivity index (χ2v) is 4.21. The Morgan fingerprint density at radius 2 is 2.25 bits per heavy atom. The van der Waals surface area contributed by atoms with Gasteiger partial charge in [-0.3, -0.25) is 4.79 Å². The van der Waals surface area contributed by atoms with Gasteiger partial charge in [0.2, 0.25) is 0 Å².